The molecule has 0 rings (SSSR count). The van der Waals surface area contributed by atoms with Gasteiger partial charge in [-0.15, -0.1) is 0 Å². The van der Waals surface area contributed by atoms with Gasteiger partial charge in [0.25, 0.3) is 0 Å². The van der Waals surface area contributed by atoms with Crippen molar-refractivity contribution >= 4 is 5.97 Å². The molecule has 20 heavy (non-hydrogen) atoms. The standard InChI is InChI=1S/C16H28O4/c1-13(2)8-10-20-16(17)7-6-9-18-11-12-19-15(5)14(3)4/h13H,3,5-12H2,1-2,4H3. The topological polar surface area (TPSA) is 44.8 Å². The highest BCUT2D eigenvalue weighted by atomic mass is 16.5. The number of carbonyl (C=O) groups excluding carboxylic acids is 1. The molecule has 116 valence electrons. The Bertz CT molecular complexity index is 308. The molecule has 0 aliphatic rings. The predicted octanol–water partition coefficient (Wildman–Crippen LogP) is 3.48. The first kappa shape index (κ1) is 18.7. The third-order valence-corrected chi connectivity index (χ3v) is 2.61. The van der Waals surface area contributed by atoms with Crippen molar-refractivity contribution in [2.24, 2.45) is 5.92 Å². The van der Waals surface area contributed by atoms with Crippen molar-refractivity contribution in [3.8, 4) is 0 Å². The van der Waals surface area contributed by atoms with Gasteiger partial charge < -0.3 is 14.2 Å². The molecule has 0 bridgehead atoms. The summed E-state index contributed by atoms with van der Waals surface area (Å²) in [6.07, 6.45) is 1.98. The lowest BCUT2D eigenvalue weighted by Crippen LogP contribution is -2.10. The van der Waals surface area contributed by atoms with E-state index in [1.165, 1.54) is 0 Å². The summed E-state index contributed by atoms with van der Waals surface area (Å²) < 4.78 is 15.7. The summed E-state index contributed by atoms with van der Waals surface area (Å²) in [5.41, 5.74) is 0.814. The molecule has 0 saturated heterocycles. The number of rotatable bonds is 12. The van der Waals surface area contributed by atoms with Crippen LogP contribution in [0.3, 0.4) is 0 Å². The molecule has 0 aromatic carbocycles. The quantitative estimate of drug-likeness (QED) is 0.238. The zero-order valence-corrected chi connectivity index (χ0v) is 13.1. The third kappa shape index (κ3) is 11.8. The van der Waals surface area contributed by atoms with Gasteiger partial charge >= 0.3 is 5.97 Å². The Morgan fingerprint density at radius 3 is 2.35 bits per heavy atom. The van der Waals surface area contributed by atoms with Crippen LogP contribution in [0.25, 0.3) is 0 Å². The summed E-state index contributed by atoms with van der Waals surface area (Å²) in [5, 5.41) is 0. The Morgan fingerprint density at radius 2 is 1.75 bits per heavy atom. The highest BCUT2D eigenvalue weighted by Crippen LogP contribution is 2.04. The predicted molar refractivity (Wildman–Crippen MR) is 80.4 cm³/mol. The third-order valence-electron chi connectivity index (χ3n) is 2.61. The summed E-state index contributed by atoms with van der Waals surface area (Å²) in [7, 11) is 0. The molecule has 0 amide bonds. The Hall–Kier alpha value is -1.29. The van der Waals surface area contributed by atoms with E-state index in [-0.39, 0.29) is 5.97 Å². The number of hydrogen-bond acceptors (Lipinski definition) is 4. The smallest absolute Gasteiger partial charge is 0.305 e. The molecule has 4 heteroatoms. The van der Waals surface area contributed by atoms with E-state index >= 15 is 0 Å². The molecular formula is C16H28O4. The fourth-order valence-electron chi connectivity index (χ4n) is 1.25. The van der Waals surface area contributed by atoms with Gasteiger partial charge in [0.1, 0.15) is 12.4 Å². The van der Waals surface area contributed by atoms with Gasteiger partial charge in [-0.2, -0.15) is 0 Å². The molecule has 0 aromatic rings. The van der Waals surface area contributed by atoms with Gasteiger partial charge in [0.2, 0.25) is 0 Å². The fourth-order valence-corrected chi connectivity index (χ4v) is 1.25. The maximum Gasteiger partial charge on any atom is 0.305 e. The molecule has 0 aromatic heterocycles. The van der Waals surface area contributed by atoms with Crippen molar-refractivity contribution in [2.75, 3.05) is 26.4 Å². The van der Waals surface area contributed by atoms with Crippen molar-refractivity contribution in [1.29, 1.82) is 0 Å². The first-order valence-corrected chi connectivity index (χ1v) is 7.14. The number of ether oxygens (including phenoxy) is 3. The van der Waals surface area contributed by atoms with Crippen molar-refractivity contribution in [3.05, 3.63) is 24.5 Å². The minimum atomic E-state index is -0.152. The van der Waals surface area contributed by atoms with E-state index in [0.29, 0.717) is 50.9 Å². The van der Waals surface area contributed by atoms with E-state index in [0.717, 1.165) is 12.0 Å². The SMILES string of the molecule is C=C(C)C(=C)OCCOCCCC(=O)OCCC(C)C. The van der Waals surface area contributed by atoms with Crippen LogP contribution in [-0.4, -0.2) is 32.4 Å². The molecule has 0 radical (unpaired) electrons. The Labute approximate surface area is 122 Å². The first-order valence-electron chi connectivity index (χ1n) is 7.14. The van der Waals surface area contributed by atoms with Gasteiger partial charge in [-0.3, -0.25) is 4.79 Å². The molecule has 0 unspecified atom stereocenters. The van der Waals surface area contributed by atoms with Crippen LogP contribution in [0.1, 0.15) is 40.0 Å². The van der Waals surface area contributed by atoms with E-state index in [1.807, 2.05) is 6.92 Å². The lowest BCUT2D eigenvalue weighted by atomic mass is 10.1. The van der Waals surface area contributed by atoms with Crippen molar-refractivity contribution < 1.29 is 19.0 Å². The van der Waals surface area contributed by atoms with Crippen LogP contribution < -0.4 is 0 Å². The van der Waals surface area contributed by atoms with Crippen LogP contribution >= 0.6 is 0 Å². The molecule has 0 atom stereocenters. The van der Waals surface area contributed by atoms with Crippen LogP contribution in [0.5, 0.6) is 0 Å². The maximum atomic E-state index is 11.4. The Kier molecular flexibility index (Phi) is 10.8. The largest absolute Gasteiger partial charge is 0.492 e. The number of carbonyl (C=O) groups is 1. The van der Waals surface area contributed by atoms with Gasteiger partial charge in [0.15, 0.2) is 0 Å². The lowest BCUT2D eigenvalue weighted by Gasteiger charge is -2.09. The summed E-state index contributed by atoms with van der Waals surface area (Å²) in [4.78, 5) is 11.4. The van der Waals surface area contributed by atoms with E-state index in [1.54, 1.807) is 0 Å². The van der Waals surface area contributed by atoms with Crippen molar-refractivity contribution in [2.45, 2.75) is 40.0 Å². The van der Waals surface area contributed by atoms with Gasteiger partial charge in [-0.05, 0) is 31.3 Å². The highest BCUT2D eigenvalue weighted by molar-refractivity contribution is 5.69. The molecule has 0 N–H and O–H groups in total. The zero-order chi connectivity index (χ0) is 15.4. The minimum Gasteiger partial charge on any atom is -0.492 e. The highest BCUT2D eigenvalue weighted by Gasteiger charge is 2.03. The average Bonchev–Trinajstić information content (AvgIpc) is 2.36. The van der Waals surface area contributed by atoms with Crippen molar-refractivity contribution in [1.82, 2.24) is 0 Å². The van der Waals surface area contributed by atoms with Crippen LogP contribution in [0.15, 0.2) is 24.5 Å². The molecule has 0 heterocycles. The van der Waals surface area contributed by atoms with Crippen LogP contribution in [0.4, 0.5) is 0 Å². The lowest BCUT2D eigenvalue weighted by molar-refractivity contribution is -0.144. The van der Waals surface area contributed by atoms with Crippen LogP contribution in [-0.2, 0) is 19.0 Å². The Morgan fingerprint density at radius 1 is 1.05 bits per heavy atom. The summed E-state index contributed by atoms with van der Waals surface area (Å²) >= 11 is 0. The molecule has 4 nitrogen and oxygen atoms in total. The van der Waals surface area contributed by atoms with Crippen LogP contribution in [0.2, 0.25) is 0 Å². The fraction of sp³-hybridized carbons (Fsp3) is 0.688. The van der Waals surface area contributed by atoms with Gasteiger partial charge in [0, 0.05) is 13.0 Å². The summed E-state index contributed by atoms with van der Waals surface area (Å²) in [6, 6.07) is 0. The van der Waals surface area contributed by atoms with Gasteiger partial charge in [0.05, 0.1) is 13.2 Å². The Balaban J connectivity index is 3.33. The number of hydrogen-bond donors (Lipinski definition) is 0. The van der Waals surface area contributed by atoms with Gasteiger partial charge in [-0.25, -0.2) is 0 Å². The average molecular weight is 284 g/mol. The summed E-state index contributed by atoms with van der Waals surface area (Å²) in [5.74, 6) is 0.989. The van der Waals surface area contributed by atoms with Crippen LogP contribution in [0, 0.1) is 5.92 Å². The zero-order valence-electron chi connectivity index (χ0n) is 13.1. The van der Waals surface area contributed by atoms with E-state index < -0.39 is 0 Å². The second-order valence-electron chi connectivity index (χ2n) is 5.17. The van der Waals surface area contributed by atoms with E-state index in [9.17, 15) is 4.79 Å². The number of allylic oxidation sites excluding steroid dienone is 1. The van der Waals surface area contributed by atoms with Gasteiger partial charge in [-0.1, -0.05) is 27.0 Å². The second-order valence-corrected chi connectivity index (χ2v) is 5.17. The second kappa shape index (κ2) is 11.5. The minimum absolute atomic E-state index is 0.152. The van der Waals surface area contributed by atoms with E-state index in [4.69, 9.17) is 14.2 Å². The summed E-state index contributed by atoms with van der Waals surface area (Å²) in [6.45, 7) is 15.5. The molecule has 0 saturated carbocycles. The van der Waals surface area contributed by atoms with E-state index in [2.05, 4.69) is 27.0 Å². The molecule has 0 aliphatic carbocycles. The van der Waals surface area contributed by atoms with Crippen molar-refractivity contribution in [3.63, 3.8) is 0 Å². The molecule has 0 spiro atoms. The molecule has 0 aliphatic heterocycles. The number of esters is 1. The monoisotopic (exact) mass is 284 g/mol. The normalized spacial score (nSPS) is 10.4. The molecular weight excluding hydrogens is 256 g/mol. The first-order chi connectivity index (χ1) is 9.43. The maximum absolute atomic E-state index is 11.4. The molecule has 0 fully saturated rings.